The molecular formula is C10H17ClO3. The van der Waals surface area contributed by atoms with Crippen LogP contribution >= 0.6 is 11.9 Å². The largest absolute Gasteiger partial charge is 0.359 e. The van der Waals surface area contributed by atoms with E-state index in [4.69, 9.17) is 16.6 Å². The summed E-state index contributed by atoms with van der Waals surface area (Å²) in [6.07, 6.45) is -0.0891. The highest BCUT2D eigenvalue weighted by Crippen LogP contribution is 2.53. The van der Waals surface area contributed by atoms with Crippen molar-refractivity contribution in [3.8, 4) is 0 Å². The van der Waals surface area contributed by atoms with Gasteiger partial charge in [0.25, 0.3) is 0 Å². The van der Waals surface area contributed by atoms with Crippen LogP contribution < -0.4 is 0 Å². The normalized spacial score (nSPS) is 31.8. The molecule has 14 heavy (non-hydrogen) atoms. The Bertz CT molecular complexity index is 244. The van der Waals surface area contributed by atoms with Crippen LogP contribution in [0.5, 0.6) is 0 Å². The van der Waals surface area contributed by atoms with Crippen LogP contribution in [0.3, 0.4) is 0 Å². The second-order valence-electron chi connectivity index (χ2n) is 5.13. The van der Waals surface area contributed by atoms with Gasteiger partial charge in [-0.2, -0.15) is 0 Å². The first-order valence-electron chi connectivity index (χ1n) is 4.78. The van der Waals surface area contributed by atoms with Gasteiger partial charge < -0.3 is 9.03 Å². The second kappa shape index (κ2) is 3.38. The second-order valence-corrected chi connectivity index (χ2v) is 5.29. The number of hydrogen-bond acceptors (Lipinski definition) is 3. The summed E-state index contributed by atoms with van der Waals surface area (Å²) < 4.78 is 9.82. The average Bonchev–Trinajstić information content (AvgIpc) is 2.77. The third-order valence-electron chi connectivity index (χ3n) is 2.75. The number of rotatable bonds is 2. The summed E-state index contributed by atoms with van der Waals surface area (Å²) in [4.78, 5) is 11.6. The highest BCUT2D eigenvalue weighted by molar-refractivity contribution is 6.14. The Kier molecular flexibility index (Phi) is 2.85. The lowest BCUT2D eigenvalue weighted by Gasteiger charge is -2.25. The zero-order valence-corrected chi connectivity index (χ0v) is 10.0. The van der Waals surface area contributed by atoms with Crippen LogP contribution in [0.1, 0.15) is 34.6 Å². The van der Waals surface area contributed by atoms with Crippen molar-refractivity contribution in [1.29, 1.82) is 0 Å². The van der Waals surface area contributed by atoms with Gasteiger partial charge in [-0.05, 0) is 5.92 Å². The first kappa shape index (κ1) is 11.8. The Balaban J connectivity index is 2.93. The molecule has 82 valence electrons. The third-order valence-corrected chi connectivity index (χ3v) is 2.89. The minimum Gasteiger partial charge on any atom is -0.353 e. The fourth-order valence-electron chi connectivity index (χ4n) is 1.90. The molecule has 0 amide bonds. The van der Waals surface area contributed by atoms with Crippen molar-refractivity contribution in [3.05, 3.63) is 0 Å². The van der Waals surface area contributed by atoms with Crippen molar-refractivity contribution in [2.24, 2.45) is 11.3 Å². The van der Waals surface area contributed by atoms with E-state index in [1.165, 1.54) is 0 Å². The molecule has 2 unspecified atom stereocenters. The molecular weight excluding hydrogens is 204 g/mol. The van der Waals surface area contributed by atoms with E-state index in [0.29, 0.717) is 0 Å². The molecule has 0 aromatic heterocycles. The lowest BCUT2D eigenvalue weighted by molar-refractivity contribution is -0.144. The predicted octanol–water partition coefficient (Wildman–Crippen LogP) is 2.52. The van der Waals surface area contributed by atoms with E-state index < -0.39 is 11.6 Å². The molecule has 0 saturated carbocycles. The number of ether oxygens (including phenoxy) is 1. The summed E-state index contributed by atoms with van der Waals surface area (Å²) >= 11 is 5.12. The van der Waals surface area contributed by atoms with E-state index in [-0.39, 0.29) is 17.4 Å². The van der Waals surface area contributed by atoms with E-state index in [2.05, 4.69) is 4.29 Å². The van der Waals surface area contributed by atoms with E-state index in [9.17, 15) is 4.79 Å². The summed E-state index contributed by atoms with van der Waals surface area (Å²) in [6, 6.07) is 0. The van der Waals surface area contributed by atoms with Crippen molar-refractivity contribution in [1.82, 2.24) is 0 Å². The molecule has 3 nitrogen and oxygen atoms in total. The maximum absolute atomic E-state index is 11.6. The first-order valence-corrected chi connectivity index (χ1v) is 5.09. The first-order chi connectivity index (χ1) is 6.27. The summed E-state index contributed by atoms with van der Waals surface area (Å²) in [6.45, 7) is 9.87. The van der Waals surface area contributed by atoms with Gasteiger partial charge in [0.2, 0.25) is 0 Å². The molecule has 1 rings (SSSR count). The molecule has 0 aromatic rings. The van der Waals surface area contributed by atoms with Gasteiger partial charge in [-0.1, -0.05) is 34.6 Å². The molecule has 1 aliphatic rings. The minimum atomic E-state index is -0.858. The standard InChI is InChI=1S/C10H17ClO3/c1-6(2)7-10(13-7,8(12)14-11)9(3,4)5/h6-7H,1-5H3. The Labute approximate surface area is 89.9 Å². The van der Waals surface area contributed by atoms with Crippen LogP contribution in [0.2, 0.25) is 0 Å². The summed E-state index contributed by atoms with van der Waals surface area (Å²) in [5.41, 5.74) is -1.16. The van der Waals surface area contributed by atoms with Gasteiger partial charge in [0.05, 0.1) is 0 Å². The van der Waals surface area contributed by atoms with Gasteiger partial charge in [0, 0.05) is 5.41 Å². The Morgan fingerprint density at radius 2 is 2.00 bits per heavy atom. The third kappa shape index (κ3) is 1.52. The molecule has 2 atom stereocenters. The lowest BCUT2D eigenvalue weighted by Crippen LogP contribution is -2.42. The zero-order chi connectivity index (χ0) is 11.1. The van der Waals surface area contributed by atoms with E-state index in [0.717, 1.165) is 0 Å². The number of epoxide rings is 1. The molecule has 0 N–H and O–H groups in total. The quantitative estimate of drug-likeness (QED) is 0.672. The smallest absolute Gasteiger partial charge is 0.353 e. The van der Waals surface area contributed by atoms with Gasteiger partial charge in [-0.3, -0.25) is 0 Å². The van der Waals surface area contributed by atoms with Crippen molar-refractivity contribution < 1.29 is 13.8 Å². The van der Waals surface area contributed by atoms with Gasteiger partial charge in [-0.15, -0.1) is 0 Å². The maximum atomic E-state index is 11.6. The predicted molar refractivity (Wildman–Crippen MR) is 53.8 cm³/mol. The number of halogens is 1. The van der Waals surface area contributed by atoms with Crippen molar-refractivity contribution in [3.63, 3.8) is 0 Å². The SMILES string of the molecule is CC(C)C1OC1(C(=O)OCl)C(C)(C)C. The summed E-state index contributed by atoms with van der Waals surface area (Å²) in [5.74, 6) is -0.199. The number of carbonyl (C=O) groups is 1. The van der Waals surface area contributed by atoms with Crippen LogP contribution in [-0.2, 0) is 13.8 Å². The van der Waals surface area contributed by atoms with Crippen LogP contribution in [0.4, 0.5) is 0 Å². The van der Waals surface area contributed by atoms with Gasteiger partial charge in [0.1, 0.15) is 18.0 Å². The highest BCUT2D eigenvalue weighted by Gasteiger charge is 2.71. The summed E-state index contributed by atoms with van der Waals surface area (Å²) in [7, 11) is 0. The molecule has 0 spiro atoms. The van der Waals surface area contributed by atoms with Crippen LogP contribution in [-0.4, -0.2) is 17.7 Å². The van der Waals surface area contributed by atoms with Gasteiger partial charge >= 0.3 is 5.97 Å². The molecule has 0 aromatic carbocycles. The lowest BCUT2D eigenvalue weighted by atomic mass is 9.76. The fourth-order valence-corrected chi connectivity index (χ4v) is 2.02. The fraction of sp³-hybridized carbons (Fsp3) is 0.900. The van der Waals surface area contributed by atoms with Crippen molar-refractivity contribution >= 4 is 17.8 Å². The Hall–Kier alpha value is -0.280. The molecule has 4 heteroatoms. The molecule has 0 bridgehead atoms. The molecule has 1 fully saturated rings. The molecule has 0 radical (unpaired) electrons. The minimum absolute atomic E-state index is 0.0891. The van der Waals surface area contributed by atoms with E-state index >= 15 is 0 Å². The molecule has 1 heterocycles. The highest BCUT2D eigenvalue weighted by atomic mass is 35.5. The van der Waals surface area contributed by atoms with Crippen LogP contribution in [0, 0.1) is 11.3 Å². The van der Waals surface area contributed by atoms with E-state index in [1.807, 2.05) is 34.6 Å². The topological polar surface area (TPSA) is 38.8 Å². The average molecular weight is 221 g/mol. The van der Waals surface area contributed by atoms with Crippen LogP contribution in [0.25, 0.3) is 0 Å². The van der Waals surface area contributed by atoms with Crippen molar-refractivity contribution in [2.75, 3.05) is 0 Å². The molecule has 0 aliphatic carbocycles. The van der Waals surface area contributed by atoms with Gasteiger partial charge in [-0.25, -0.2) is 4.79 Å². The Morgan fingerprint density at radius 3 is 2.21 bits per heavy atom. The zero-order valence-electron chi connectivity index (χ0n) is 9.26. The monoisotopic (exact) mass is 220 g/mol. The van der Waals surface area contributed by atoms with E-state index in [1.54, 1.807) is 0 Å². The number of carbonyl (C=O) groups excluding carboxylic acids is 1. The molecule has 1 saturated heterocycles. The Morgan fingerprint density at radius 1 is 1.50 bits per heavy atom. The number of hydrogen-bond donors (Lipinski definition) is 0. The van der Waals surface area contributed by atoms with Crippen LogP contribution in [0.15, 0.2) is 0 Å². The van der Waals surface area contributed by atoms with Crippen molar-refractivity contribution in [2.45, 2.75) is 46.3 Å². The maximum Gasteiger partial charge on any atom is 0.359 e. The molecule has 1 aliphatic heterocycles. The van der Waals surface area contributed by atoms with Gasteiger partial charge in [0.15, 0.2) is 5.60 Å². The summed E-state index contributed by atoms with van der Waals surface area (Å²) in [5, 5.41) is 0.